The summed E-state index contributed by atoms with van der Waals surface area (Å²) in [7, 11) is -0.522. The van der Waals surface area contributed by atoms with Crippen molar-refractivity contribution in [3.63, 3.8) is 0 Å². The van der Waals surface area contributed by atoms with Crippen molar-refractivity contribution < 1.29 is 14.1 Å². The lowest BCUT2D eigenvalue weighted by atomic mass is 9.77. The summed E-state index contributed by atoms with van der Waals surface area (Å²) in [4.78, 5) is 11.6. The minimum atomic E-state index is -0.522. The summed E-state index contributed by atoms with van der Waals surface area (Å²) in [5.41, 5.74) is 0.675. The minimum absolute atomic E-state index is 0.139. The van der Waals surface area contributed by atoms with Gasteiger partial charge in [0, 0.05) is 5.56 Å². The molecule has 4 nitrogen and oxygen atoms in total. The summed E-state index contributed by atoms with van der Waals surface area (Å²) in [6.07, 6.45) is 0. The van der Waals surface area contributed by atoms with Crippen LogP contribution in [0.4, 0.5) is 0 Å². The van der Waals surface area contributed by atoms with E-state index < -0.39 is 18.3 Å². The maximum atomic E-state index is 11.6. The monoisotopic (exact) mass is 271 g/mol. The van der Waals surface area contributed by atoms with Crippen LogP contribution in [0.25, 0.3) is 0 Å². The molecule has 0 aromatic heterocycles. The molecule has 20 heavy (non-hydrogen) atoms. The van der Waals surface area contributed by atoms with Crippen LogP contribution in [-0.4, -0.2) is 24.1 Å². The van der Waals surface area contributed by atoms with Crippen molar-refractivity contribution in [2.45, 2.75) is 45.8 Å². The Balaban J connectivity index is 2.39. The lowest BCUT2D eigenvalue weighted by Gasteiger charge is -2.32. The van der Waals surface area contributed by atoms with Crippen LogP contribution in [0.5, 0.6) is 0 Å². The zero-order chi connectivity index (χ0) is 15.1. The van der Waals surface area contributed by atoms with Gasteiger partial charge in [0.25, 0.3) is 0 Å². The number of carbonyl (C=O) groups is 1. The van der Waals surface area contributed by atoms with Gasteiger partial charge in [0.15, 0.2) is 5.78 Å². The second-order valence-electron chi connectivity index (χ2n) is 6.06. The van der Waals surface area contributed by atoms with E-state index in [9.17, 15) is 4.79 Å². The van der Waals surface area contributed by atoms with Crippen LogP contribution in [-0.2, 0) is 9.31 Å². The summed E-state index contributed by atoms with van der Waals surface area (Å²) in [6.45, 7) is 9.35. The maximum Gasteiger partial charge on any atom is 0.494 e. The first-order valence-corrected chi connectivity index (χ1v) is 6.58. The summed E-state index contributed by atoms with van der Waals surface area (Å²) in [5, 5.41) is 9.02. The van der Waals surface area contributed by atoms with Crippen molar-refractivity contribution in [1.29, 1.82) is 5.26 Å². The van der Waals surface area contributed by atoms with Gasteiger partial charge in [-0.15, -0.1) is 0 Å². The smallest absolute Gasteiger partial charge is 0.399 e. The van der Waals surface area contributed by atoms with Gasteiger partial charge < -0.3 is 9.31 Å². The molecule has 0 spiro atoms. The third-order valence-electron chi connectivity index (χ3n) is 4.07. The van der Waals surface area contributed by atoms with E-state index >= 15 is 0 Å². The average Bonchev–Trinajstić information content (AvgIpc) is 2.57. The molecule has 0 amide bonds. The SMILES string of the molecule is CC(=O)c1cc(B2OC(C)(C)C(C)(C)O2)ccc1C#N. The highest BCUT2D eigenvalue weighted by Crippen LogP contribution is 2.36. The van der Waals surface area contributed by atoms with E-state index in [2.05, 4.69) is 0 Å². The molecule has 1 aromatic rings. The van der Waals surface area contributed by atoms with Crippen molar-refractivity contribution in [3.05, 3.63) is 29.3 Å². The van der Waals surface area contributed by atoms with E-state index in [1.54, 1.807) is 18.2 Å². The zero-order valence-corrected chi connectivity index (χ0v) is 12.5. The highest BCUT2D eigenvalue weighted by atomic mass is 16.7. The number of hydrogen-bond acceptors (Lipinski definition) is 4. The number of nitriles is 1. The third-order valence-corrected chi connectivity index (χ3v) is 4.07. The largest absolute Gasteiger partial charge is 0.494 e. The van der Waals surface area contributed by atoms with Gasteiger partial charge in [0.05, 0.1) is 22.8 Å². The fourth-order valence-electron chi connectivity index (χ4n) is 2.08. The molecular formula is C15H18BNO3. The van der Waals surface area contributed by atoms with Crippen LogP contribution >= 0.6 is 0 Å². The predicted molar refractivity (Wildman–Crippen MR) is 76.9 cm³/mol. The highest BCUT2D eigenvalue weighted by Gasteiger charge is 2.51. The Morgan fingerprint density at radius 2 is 1.75 bits per heavy atom. The standard InChI is InChI=1S/C15H18BNO3/c1-10(18)13-8-12(7-6-11(13)9-17)16-19-14(2,3)15(4,5)20-16/h6-8H,1-5H3. The molecule has 1 aliphatic rings. The second kappa shape index (κ2) is 4.73. The lowest BCUT2D eigenvalue weighted by Crippen LogP contribution is -2.41. The lowest BCUT2D eigenvalue weighted by molar-refractivity contribution is 0.00578. The Labute approximate surface area is 119 Å². The first-order chi connectivity index (χ1) is 9.18. The summed E-state index contributed by atoms with van der Waals surface area (Å²) < 4.78 is 11.9. The molecule has 0 atom stereocenters. The van der Waals surface area contributed by atoms with Crippen LogP contribution in [0.3, 0.4) is 0 Å². The molecule has 1 fully saturated rings. The second-order valence-corrected chi connectivity index (χ2v) is 6.06. The van der Waals surface area contributed by atoms with Gasteiger partial charge >= 0.3 is 7.12 Å². The molecule has 0 N–H and O–H groups in total. The molecule has 2 rings (SSSR count). The number of rotatable bonds is 2. The zero-order valence-electron chi connectivity index (χ0n) is 12.5. The van der Waals surface area contributed by atoms with Crippen LogP contribution in [0.1, 0.15) is 50.5 Å². The van der Waals surface area contributed by atoms with E-state index in [-0.39, 0.29) is 5.78 Å². The Morgan fingerprint density at radius 3 is 2.20 bits per heavy atom. The van der Waals surface area contributed by atoms with E-state index in [1.807, 2.05) is 33.8 Å². The van der Waals surface area contributed by atoms with Crippen molar-refractivity contribution in [3.8, 4) is 6.07 Å². The van der Waals surface area contributed by atoms with Crippen LogP contribution in [0.15, 0.2) is 18.2 Å². The van der Waals surface area contributed by atoms with Gasteiger partial charge in [-0.25, -0.2) is 0 Å². The Hall–Kier alpha value is -1.64. The van der Waals surface area contributed by atoms with E-state index in [0.29, 0.717) is 11.1 Å². The fourth-order valence-corrected chi connectivity index (χ4v) is 2.08. The van der Waals surface area contributed by atoms with E-state index in [4.69, 9.17) is 14.6 Å². The molecule has 1 aromatic carbocycles. The Bertz CT molecular complexity index is 586. The minimum Gasteiger partial charge on any atom is -0.399 e. The van der Waals surface area contributed by atoms with Crippen molar-refractivity contribution in [2.75, 3.05) is 0 Å². The highest BCUT2D eigenvalue weighted by molar-refractivity contribution is 6.62. The van der Waals surface area contributed by atoms with Gasteiger partial charge in [-0.2, -0.15) is 5.26 Å². The molecule has 0 unspecified atom stereocenters. The van der Waals surface area contributed by atoms with Crippen LogP contribution < -0.4 is 5.46 Å². The quantitative estimate of drug-likeness (QED) is 0.610. The van der Waals surface area contributed by atoms with Gasteiger partial charge in [0.2, 0.25) is 0 Å². The van der Waals surface area contributed by atoms with Crippen LogP contribution in [0, 0.1) is 11.3 Å². The predicted octanol–water partition coefficient (Wildman–Crippen LogP) is 2.06. The van der Waals surface area contributed by atoms with Crippen LogP contribution in [0.2, 0.25) is 0 Å². The van der Waals surface area contributed by atoms with Gasteiger partial charge in [0.1, 0.15) is 0 Å². The first kappa shape index (κ1) is 14.8. The topological polar surface area (TPSA) is 59.3 Å². The average molecular weight is 271 g/mol. The molecule has 0 bridgehead atoms. The maximum absolute atomic E-state index is 11.6. The number of benzene rings is 1. The molecule has 1 saturated heterocycles. The van der Waals surface area contributed by atoms with E-state index in [1.165, 1.54) is 6.92 Å². The number of carbonyl (C=O) groups excluding carboxylic acids is 1. The fraction of sp³-hybridized carbons (Fsp3) is 0.467. The molecule has 1 heterocycles. The number of hydrogen-bond donors (Lipinski definition) is 0. The van der Waals surface area contributed by atoms with Crippen molar-refractivity contribution in [2.24, 2.45) is 0 Å². The van der Waals surface area contributed by atoms with E-state index in [0.717, 1.165) is 5.46 Å². The molecule has 1 aliphatic heterocycles. The van der Waals surface area contributed by atoms with Crippen molar-refractivity contribution >= 4 is 18.4 Å². The Morgan fingerprint density at radius 1 is 1.20 bits per heavy atom. The summed E-state index contributed by atoms with van der Waals surface area (Å²) in [6, 6.07) is 7.12. The molecule has 0 saturated carbocycles. The molecule has 104 valence electrons. The Kier molecular flexibility index (Phi) is 3.49. The van der Waals surface area contributed by atoms with Gasteiger partial charge in [-0.3, -0.25) is 4.79 Å². The molecule has 0 aliphatic carbocycles. The molecular weight excluding hydrogens is 253 g/mol. The first-order valence-electron chi connectivity index (χ1n) is 6.58. The van der Waals surface area contributed by atoms with Crippen molar-refractivity contribution in [1.82, 2.24) is 0 Å². The third kappa shape index (κ3) is 2.37. The molecule has 5 heteroatoms. The number of nitrogens with zero attached hydrogens (tertiary/aromatic N) is 1. The number of Topliss-reactive ketones (excluding diaryl/α,β-unsaturated/α-hetero) is 1. The normalized spacial score (nSPS) is 19.7. The summed E-state index contributed by atoms with van der Waals surface area (Å²) >= 11 is 0. The van der Waals surface area contributed by atoms with Gasteiger partial charge in [-0.1, -0.05) is 12.1 Å². The number of ketones is 1. The molecule has 0 radical (unpaired) electrons. The van der Waals surface area contributed by atoms with Gasteiger partial charge in [-0.05, 0) is 46.1 Å². The summed E-state index contributed by atoms with van der Waals surface area (Å²) in [5.74, 6) is -0.139.